The van der Waals surface area contributed by atoms with Gasteiger partial charge in [-0.25, -0.2) is 4.79 Å². The predicted molar refractivity (Wildman–Crippen MR) is 130 cm³/mol. The van der Waals surface area contributed by atoms with E-state index in [1.165, 1.54) is 0 Å². The van der Waals surface area contributed by atoms with Crippen molar-refractivity contribution in [2.75, 3.05) is 20.8 Å². The van der Waals surface area contributed by atoms with E-state index in [1.807, 2.05) is 45.3 Å². The third-order valence-electron chi connectivity index (χ3n) is 4.49. The van der Waals surface area contributed by atoms with Gasteiger partial charge in [0.25, 0.3) is 0 Å². The largest absolute Gasteiger partial charge is 0.467 e. The van der Waals surface area contributed by atoms with E-state index in [0.29, 0.717) is 24.9 Å². The Kier molecular flexibility index (Phi) is 10.8. The van der Waals surface area contributed by atoms with Gasteiger partial charge >= 0.3 is 40.3 Å². The second-order valence-electron chi connectivity index (χ2n) is 8.84. The fraction of sp³-hybridized carbons (Fsp3) is 0.722. The summed E-state index contributed by atoms with van der Waals surface area (Å²) in [7, 11) is -6.38. The smallest absolute Gasteiger partial charge is 0.322 e. The molecule has 1 atom stereocenters. The van der Waals surface area contributed by atoms with Crippen LogP contribution >= 0.6 is 0 Å². The maximum absolute atomic E-state index is 12.0. The second-order valence-corrected chi connectivity index (χ2v) is 23.3. The van der Waals surface area contributed by atoms with Crippen LogP contribution in [0.4, 0.5) is 4.79 Å². The molecule has 2 amide bonds. The van der Waals surface area contributed by atoms with E-state index in [9.17, 15) is 4.79 Å². The molecule has 1 aromatic heterocycles. The Hall–Kier alpha value is -0.782. The van der Waals surface area contributed by atoms with Crippen molar-refractivity contribution in [3.05, 3.63) is 24.2 Å². The van der Waals surface area contributed by atoms with Gasteiger partial charge in [0, 0.05) is 20.8 Å². The van der Waals surface area contributed by atoms with Gasteiger partial charge in [-0.1, -0.05) is 0 Å². The van der Waals surface area contributed by atoms with Crippen molar-refractivity contribution < 1.29 is 30.4 Å². The number of nitrogens with one attached hydrogen (secondary N) is 2. The van der Waals surface area contributed by atoms with Crippen molar-refractivity contribution in [3.8, 4) is 0 Å². The number of rotatable bonds is 14. The highest BCUT2D eigenvalue weighted by molar-refractivity contribution is 6.87. The summed E-state index contributed by atoms with van der Waals surface area (Å²) in [6, 6.07) is 4.07. The Labute approximate surface area is 191 Å². The zero-order valence-electron chi connectivity index (χ0n) is 20.4. The fourth-order valence-corrected chi connectivity index (χ4v) is 19.6. The van der Waals surface area contributed by atoms with Gasteiger partial charge in [-0.2, -0.15) is 0 Å². The fourth-order valence-electron chi connectivity index (χ4n) is 3.11. The molecule has 9 nitrogen and oxygen atoms in total. The van der Waals surface area contributed by atoms with Crippen LogP contribution in [0.1, 0.15) is 12.2 Å². The molecule has 180 valence electrons. The van der Waals surface area contributed by atoms with Crippen LogP contribution in [0.15, 0.2) is 22.8 Å². The summed E-state index contributed by atoms with van der Waals surface area (Å²) >= 11 is 0. The van der Waals surface area contributed by atoms with Crippen molar-refractivity contribution in [3.63, 3.8) is 0 Å². The van der Waals surface area contributed by atoms with Crippen molar-refractivity contribution in [2.24, 2.45) is 0 Å². The van der Waals surface area contributed by atoms with Gasteiger partial charge in [0.05, 0.1) is 12.8 Å². The lowest BCUT2D eigenvalue weighted by Crippen LogP contribution is -2.58. The van der Waals surface area contributed by atoms with Crippen LogP contribution in [-0.4, -0.2) is 61.0 Å². The number of carbonyl (C=O) groups is 1. The molecule has 0 saturated heterocycles. The highest BCUT2D eigenvalue weighted by atomic mass is 28.5. The Morgan fingerprint density at radius 2 is 1.48 bits per heavy atom. The molecule has 0 spiro atoms. The Morgan fingerprint density at radius 3 is 2.03 bits per heavy atom. The van der Waals surface area contributed by atoms with Crippen molar-refractivity contribution >= 4 is 40.3 Å². The van der Waals surface area contributed by atoms with E-state index in [2.05, 4.69) is 17.2 Å². The minimum absolute atomic E-state index is 0.237. The third-order valence-corrected chi connectivity index (χ3v) is 19.0. The highest BCUT2D eigenvalue weighted by Gasteiger charge is 2.46. The van der Waals surface area contributed by atoms with Gasteiger partial charge in [0.1, 0.15) is 5.76 Å². The van der Waals surface area contributed by atoms with E-state index in [0.717, 1.165) is 6.42 Å². The lowest BCUT2D eigenvalue weighted by Gasteiger charge is -2.41. The third kappa shape index (κ3) is 11.6. The van der Waals surface area contributed by atoms with Gasteiger partial charge in [-0.05, 0) is 70.4 Å². The number of urea groups is 1. The van der Waals surface area contributed by atoms with Crippen LogP contribution in [0.5, 0.6) is 0 Å². The first-order valence-corrected chi connectivity index (χ1v) is 21.4. The van der Waals surface area contributed by atoms with Crippen LogP contribution in [0.3, 0.4) is 0 Å². The molecule has 1 aromatic rings. The average molecular weight is 509 g/mol. The molecule has 0 bridgehead atoms. The van der Waals surface area contributed by atoms with Crippen molar-refractivity contribution in [1.82, 2.24) is 10.6 Å². The second kappa shape index (κ2) is 11.9. The monoisotopic (exact) mass is 508 g/mol. The molecule has 0 fully saturated rings. The summed E-state index contributed by atoms with van der Waals surface area (Å²) in [6.45, 7) is 15.0. The molecule has 0 aliphatic carbocycles. The van der Waals surface area contributed by atoms with Gasteiger partial charge in [-0.3, -0.25) is 0 Å². The number of hydrogen-bond donors (Lipinski definition) is 2. The van der Waals surface area contributed by atoms with E-state index < -0.39 is 34.2 Å². The SMILES string of the molecule is CO[Si](C)(C)O[Si](C)(C)O[Si](C)(CCCNC(=O)NCc1ccco1)O[Si](C)(C)OC. The summed E-state index contributed by atoms with van der Waals surface area (Å²) in [5.41, 5.74) is 0. The minimum Gasteiger partial charge on any atom is -0.467 e. The first-order valence-electron chi connectivity index (χ1n) is 10.5. The Balaban J connectivity index is 2.64. The molecule has 0 saturated carbocycles. The first-order chi connectivity index (χ1) is 14.2. The molecule has 1 rings (SSSR count). The summed E-state index contributed by atoms with van der Waals surface area (Å²) < 4.78 is 35.8. The van der Waals surface area contributed by atoms with Crippen molar-refractivity contribution in [1.29, 1.82) is 0 Å². The lowest BCUT2D eigenvalue weighted by atomic mass is 10.4. The standard InChI is InChI=1S/C18H40N2O7Si4/c1-22-28(3,4)25-30(7,8)27-31(9,26-29(5,6)23-2)15-11-13-19-18(21)20-16-17-12-10-14-24-17/h10,12,14H,11,13,15-16H2,1-9H3,(H2,19,20,21). The van der Waals surface area contributed by atoms with E-state index >= 15 is 0 Å². The molecule has 0 aliphatic heterocycles. The molecule has 1 unspecified atom stereocenters. The predicted octanol–water partition coefficient (Wildman–Crippen LogP) is 3.99. The topological polar surface area (TPSA) is 100 Å². The van der Waals surface area contributed by atoms with Gasteiger partial charge in [0.15, 0.2) is 0 Å². The van der Waals surface area contributed by atoms with Crippen LogP contribution in [0.2, 0.25) is 51.9 Å². The normalized spacial score (nSPS) is 14.9. The lowest BCUT2D eigenvalue weighted by molar-refractivity contribution is 0.236. The maximum atomic E-state index is 12.0. The van der Waals surface area contributed by atoms with Crippen LogP contribution in [-0.2, 0) is 27.7 Å². The zero-order valence-corrected chi connectivity index (χ0v) is 24.4. The quantitative estimate of drug-likeness (QED) is 0.289. The summed E-state index contributed by atoms with van der Waals surface area (Å²) in [5.74, 6) is 0.707. The Bertz CT molecular complexity index is 674. The first kappa shape index (κ1) is 28.3. The van der Waals surface area contributed by atoms with Gasteiger partial charge < -0.3 is 36.2 Å². The molecule has 0 aromatic carbocycles. The Morgan fingerprint density at radius 1 is 0.903 bits per heavy atom. The number of hydrogen-bond acceptors (Lipinski definition) is 7. The van der Waals surface area contributed by atoms with Gasteiger partial charge in [-0.15, -0.1) is 0 Å². The van der Waals surface area contributed by atoms with E-state index in [-0.39, 0.29) is 6.03 Å². The number of amides is 2. The molecule has 2 N–H and O–H groups in total. The molecule has 13 heteroatoms. The van der Waals surface area contributed by atoms with Crippen LogP contribution in [0.25, 0.3) is 0 Å². The molecule has 0 radical (unpaired) electrons. The molecule has 0 aliphatic rings. The minimum atomic E-state index is -2.63. The molecular formula is C18H40N2O7Si4. The number of carbonyl (C=O) groups excluding carboxylic acids is 1. The summed E-state index contributed by atoms with van der Waals surface area (Å²) in [6.07, 6.45) is 2.30. The summed E-state index contributed by atoms with van der Waals surface area (Å²) in [4.78, 5) is 12.0. The maximum Gasteiger partial charge on any atom is 0.322 e. The zero-order chi connectivity index (χ0) is 23.8. The van der Waals surface area contributed by atoms with E-state index in [4.69, 9.17) is 25.6 Å². The average Bonchev–Trinajstić information content (AvgIpc) is 3.15. The molecular weight excluding hydrogens is 469 g/mol. The van der Waals surface area contributed by atoms with Crippen LogP contribution in [0, 0.1) is 0 Å². The molecule has 1 heterocycles. The van der Waals surface area contributed by atoms with Crippen LogP contribution < -0.4 is 10.6 Å². The highest BCUT2D eigenvalue weighted by Crippen LogP contribution is 2.27. The molecule has 31 heavy (non-hydrogen) atoms. The van der Waals surface area contributed by atoms with Crippen molar-refractivity contribution in [2.45, 2.75) is 64.8 Å². The number of furan rings is 1. The summed E-state index contributed by atoms with van der Waals surface area (Å²) in [5, 5.41) is 5.64. The van der Waals surface area contributed by atoms with E-state index in [1.54, 1.807) is 26.5 Å². The van der Waals surface area contributed by atoms with Gasteiger partial charge in [0.2, 0.25) is 0 Å².